The van der Waals surface area contributed by atoms with Crippen molar-refractivity contribution >= 4 is 41.8 Å². The van der Waals surface area contributed by atoms with Crippen molar-refractivity contribution in [3.8, 4) is 0 Å². The second-order valence-electron chi connectivity index (χ2n) is 8.44. The summed E-state index contributed by atoms with van der Waals surface area (Å²) < 4.78 is 13.9. The van der Waals surface area contributed by atoms with E-state index in [0.29, 0.717) is 19.0 Å². The Bertz CT molecular complexity index is 890. The number of aliphatic imine (C=N–C) groups is 1. The van der Waals surface area contributed by atoms with E-state index in [1.165, 1.54) is 11.0 Å². The van der Waals surface area contributed by atoms with Gasteiger partial charge in [0.05, 0.1) is 11.8 Å². The van der Waals surface area contributed by atoms with Gasteiger partial charge in [-0.15, -0.1) is 24.0 Å². The number of guanidine groups is 1. The van der Waals surface area contributed by atoms with E-state index < -0.39 is 0 Å². The van der Waals surface area contributed by atoms with Crippen molar-refractivity contribution in [2.24, 2.45) is 28.7 Å². The monoisotopic (exact) mass is 524 g/mol. The number of amides is 2. The molecule has 3 aliphatic carbocycles. The van der Waals surface area contributed by atoms with Crippen molar-refractivity contribution in [1.29, 1.82) is 0 Å². The number of likely N-dealkylation sites (tertiary alicyclic amines) is 1. The first-order valence-corrected chi connectivity index (χ1v) is 10.3. The minimum Gasteiger partial charge on any atom is -0.355 e. The van der Waals surface area contributed by atoms with Gasteiger partial charge in [0.2, 0.25) is 11.8 Å². The molecule has 1 aromatic carbocycles. The van der Waals surface area contributed by atoms with Crippen molar-refractivity contribution in [1.82, 2.24) is 15.5 Å². The summed E-state index contributed by atoms with van der Waals surface area (Å²) in [6.45, 7) is 0.780. The molecule has 0 spiro atoms. The van der Waals surface area contributed by atoms with E-state index >= 15 is 0 Å². The van der Waals surface area contributed by atoms with Crippen molar-refractivity contribution in [2.75, 3.05) is 20.1 Å². The van der Waals surface area contributed by atoms with Crippen LogP contribution in [0.5, 0.6) is 0 Å². The first kappa shape index (κ1) is 21.3. The molecule has 1 aromatic rings. The fourth-order valence-corrected chi connectivity index (χ4v) is 5.31. The average molecular weight is 524 g/mol. The second-order valence-corrected chi connectivity index (χ2v) is 8.44. The van der Waals surface area contributed by atoms with Gasteiger partial charge in [0.15, 0.2) is 5.96 Å². The number of benzene rings is 1. The zero-order valence-corrected chi connectivity index (χ0v) is 19.1. The summed E-state index contributed by atoms with van der Waals surface area (Å²) in [7, 11) is 1.68. The quantitative estimate of drug-likeness (QED) is 0.204. The Morgan fingerprint density at radius 3 is 2.43 bits per heavy atom. The summed E-state index contributed by atoms with van der Waals surface area (Å²) in [4.78, 5) is 31.1. The van der Waals surface area contributed by atoms with Crippen LogP contribution in [0.3, 0.4) is 0 Å². The Balaban J connectivity index is 0.00000218. The summed E-state index contributed by atoms with van der Waals surface area (Å²) in [6, 6.07) is 6.98. The minimum absolute atomic E-state index is 0. The number of imide groups is 1. The molecule has 3 fully saturated rings. The zero-order valence-electron chi connectivity index (χ0n) is 16.8. The van der Waals surface area contributed by atoms with Crippen LogP contribution in [0.25, 0.3) is 0 Å². The third kappa shape index (κ3) is 3.52. The van der Waals surface area contributed by atoms with Gasteiger partial charge in [0, 0.05) is 32.1 Å². The molecule has 2 bridgehead atoms. The normalized spacial score (nSPS) is 33.5. The predicted molar refractivity (Wildman–Crippen MR) is 122 cm³/mol. The van der Waals surface area contributed by atoms with Gasteiger partial charge in [0.1, 0.15) is 5.82 Å². The van der Waals surface area contributed by atoms with Crippen LogP contribution in [0, 0.1) is 29.5 Å². The van der Waals surface area contributed by atoms with E-state index in [2.05, 4.69) is 27.8 Å². The lowest BCUT2D eigenvalue weighted by Crippen LogP contribution is -2.44. The number of hydrogen-bond acceptors (Lipinski definition) is 3. The second kappa shape index (κ2) is 8.28. The van der Waals surface area contributed by atoms with E-state index in [4.69, 9.17) is 0 Å². The van der Waals surface area contributed by atoms with Crippen LogP contribution in [0.15, 0.2) is 41.4 Å². The molecule has 1 saturated heterocycles. The Labute approximate surface area is 192 Å². The molecule has 2 amide bonds. The molecule has 2 saturated carbocycles. The molecule has 8 heteroatoms. The molecule has 160 valence electrons. The van der Waals surface area contributed by atoms with Gasteiger partial charge in [0.25, 0.3) is 0 Å². The van der Waals surface area contributed by atoms with Gasteiger partial charge in [-0.3, -0.25) is 19.5 Å². The van der Waals surface area contributed by atoms with Crippen LogP contribution in [-0.4, -0.2) is 48.9 Å². The molecule has 6 nitrogen and oxygen atoms in total. The molecule has 4 aliphatic rings. The number of nitrogens with zero attached hydrogens (tertiary/aromatic N) is 2. The fourth-order valence-electron chi connectivity index (χ4n) is 5.31. The third-order valence-electron chi connectivity index (χ3n) is 6.83. The number of fused-ring (bicyclic) bond motifs is 5. The lowest BCUT2D eigenvalue weighted by molar-refractivity contribution is -0.140. The summed E-state index contributed by atoms with van der Waals surface area (Å²) >= 11 is 0. The highest BCUT2D eigenvalue weighted by Crippen LogP contribution is 2.52. The van der Waals surface area contributed by atoms with E-state index in [1.54, 1.807) is 13.1 Å². The zero-order chi connectivity index (χ0) is 20.1. The van der Waals surface area contributed by atoms with Gasteiger partial charge in [-0.2, -0.15) is 0 Å². The Morgan fingerprint density at radius 2 is 1.80 bits per heavy atom. The van der Waals surface area contributed by atoms with E-state index in [-0.39, 0.29) is 77.2 Å². The topological polar surface area (TPSA) is 73.8 Å². The Hall–Kier alpha value is -1.97. The number of carbonyl (C=O) groups is 2. The molecule has 6 unspecified atom stereocenters. The first-order chi connectivity index (χ1) is 14.1. The van der Waals surface area contributed by atoms with Crippen LogP contribution >= 0.6 is 24.0 Å². The maximum absolute atomic E-state index is 13.9. The van der Waals surface area contributed by atoms with Gasteiger partial charge >= 0.3 is 0 Å². The molecule has 1 heterocycles. The first-order valence-electron chi connectivity index (χ1n) is 10.3. The fraction of sp³-hybridized carbons (Fsp3) is 0.500. The number of allylic oxidation sites excluding steroid dienone is 2. The molecule has 1 aliphatic heterocycles. The van der Waals surface area contributed by atoms with E-state index in [1.807, 2.05) is 12.1 Å². The highest BCUT2D eigenvalue weighted by Gasteiger charge is 2.58. The number of hydrogen-bond donors (Lipinski definition) is 2. The van der Waals surface area contributed by atoms with E-state index in [9.17, 15) is 14.0 Å². The molecule has 0 radical (unpaired) electrons. The summed E-state index contributed by atoms with van der Waals surface area (Å²) in [5, 5.41) is 6.48. The largest absolute Gasteiger partial charge is 0.355 e. The van der Waals surface area contributed by atoms with Crippen LogP contribution < -0.4 is 10.6 Å². The van der Waals surface area contributed by atoms with Crippen LogP contribution in [0.1, 0.15) is 24.3 Å². The third-order valence-corrected chi connectivity index (χ3v) is 6.83. The Morgan fingerprint density at radius 1 is 1.13 bits per heavy atom. The van der Waals surface area contributed by atoms with Crippen molar-refractivity contribution in [3.05, 3.63) is 47.8 Å². The van der Waals surface area contributed by atoms with E-state index in [0.717, 1.165) is 18.4 Å². The number of rotatable bonds is 5. The summed E-state index contributed by atoms with van der Waals surface area (Å²) in [6.07, 6.45) is 6.00. The molecule has 5 rings (SSSR count). The highest BCUT2D eigenvalue weighted by atomic mass is 127. The number of nitrogens with one attached hydrogen (secondary N) is 2. The molecule has 6 atom stereocenters. The molecule has 30 heavy (non-hydrogen) atoms. The maximum atomic E-state index is 13.9. The summed E-state index contributed by atoms with van der Waals surface area (Å²) in [5.74, 6) is 0.689. The molecular formula is C22H26FIN4O2. The van der Waals surface area contributed by atoms with Crippen LogP contribution in [0.4, 0.5) is 4.39 Å². The van der Waals surface area contributed by atoms with Gasteiger partial charge in [-0.25, -0.2) is 4.39 Å². The van der Waals surface area contributed by atoms with Gasteiger partial charge in [-0.1, -0.05) is 30.4 Å². The standard InChI is InChI=1S/C22H25FN4O2.HI/c1-24-22(26-17-11-15(17)14-4-2-3-5-16(14)23)25-8-9-27-20(28)18-12-6-7-13(10-12)19(18)21(27)29;/h2-7,12-13,15,17-19H,8-11H2,1H3,(H2,24,25,26);1H. The predicted octanol–water partition coefficient (Wildman–Crippen LogP) is 2.27. The van der Waals surface area contributed by atoms with Crippen molar-refractivity contribution < 1.29 is 14.0 Å². The highest BCUT2D eigenvalue weighted by molar-refractivity contribution is 14.0. The molecular weight excluding hydrogens is 498 g/mol. The number of carbonyl (C=O) groups excluding carboxylic acids is 2. The van der Waals surface area contributed by atoms with Crippen molar-refractivity contribution in [3.63, 3.8) is 0 Å². The lowest BCUT2D eigenvalue weighted by atomic mass is 9.85. The molecule has 2 N–H and O–H groups in total. The average Bonchev–Trinajstić information content (AvgIpc) is 3.06. The number of halogens is 2. The van der Waals surface area contributed by atoms with Gasteiger partial charge < -0.3 is 10.6 Å². The van der Waals surface area contributed by atoms with Crippen molar-refractivity contribution in [2.45, 2.75) is 24.8 Å². The minimum atomic E-state index is -0.176. The van der Waals surface area contributed by atoms with Crippen LogP contribution in [0.2, 0.25) is 0 Å². The van der Waals surface area contributed by atoms with Gasteiger partial charge in [-0.05, 0) is 36.3 Å². The SMILES string of the molecule is CN=C(NCCN1C(=O)C2C3C=CC(C3)C2C1=O)NC1CC1c1ccccc1F.I. The van der Waals surface area contributed by atoms with Crippen LogP contribution in [-0.2, 0) is 9.59 Å². The summed E-state index contributed by atoms with van der Waals surface area (Å²) in [5.41, 5.74) is 0.725. The smallest absolute Gasteiger partial charge is 0.233 e. The Kier molecular flexibility index (Phi) is 5.87. The lowest BCUT2D eigenvalue weighted by Gasteiger charge is -2.18. The maximum Gasteiger partial charge on any atom is 0.233 e. The molecule has 0 aromatic heterocycles.